The Bertz CT molecular complexity index is 769. The number of nitrogens with zero attached hydrogens (tertiary/aromatic N) is 1. The van der Waals surface area contributed by atoms with E-state index < -0.39 is 12.0 Å². The first-order valence-electron chi connectivity index (χ1n) is 7.55. The Morgan fingerprint density at radius 3 is 2.67 bits per heavy atom. The fourth-order valence-corrected chi connectivity index (χ4v) is 3.49. The zero-order valence-electron chi connectivity index (χ0n) is 13.5. The highest BCUT2D eigenvalue weighted by Crippen LogP contribution is 2.32. The van der Waals surface area contributed by atoms with Gasteiger partial charge in [0.1, 0.15) is 0 Å². The van der Waals surface area contributed by atoms with Crippen LogP contribution in [0.5, 0.6) is 0 Å². The van der Waals surface area contributed by atoms with Crippen molar-refractivity contribution in [3.8, 4) is 0 Å². The maximum atomic E-state index is 12.6. The third-order valence-corrected chi connectivity index (χ3v) is 4.76. The summed E-state index contributed by atoms with van der Waals surface area (Å²) in [6.07, 6.45) is 0. The minimum absolute atomic E-state index is 0.222. The normalized spacial score (nSPS) is 17.7. The van der Waals surface area contributed by atoms with Gasteiger partial charge in [0.05, 0.1) is 25.3 Å². The van der Waals surface area contributed by atoms with Crippen molar-refractivity contribution >= 4 is 23.3 Å². The standard InChI is InChI=1S/C18H18N2O3S/c1-12-15(17(21)23-2)16(14-8-9-24-11-14)19-18(22)20(12)10-13-6-4-3-5-7-13/h3-9,11,16H,10H2,1-2H3,(H,19,22)/t16-/m0/s1. The predicted octanol–water partition coefficient (Wildman–Crippen LogP) is 3.46. The smallest absolute Gasteiger partial charge is 0.337 e. The van der Waals surface area contributed by atoms with Crippen molar-refractivity contribution < 1.29 is 14.3 Å². The molecule has 24 heavy (non-hydrogen) atoms. The third kappa shape index (κ3) is 3.05. The number of ether oxygens (including phenoxy) is 1. The minimum Gasteiger partial charge on any atom is -0.466 e. The molecule has 0 radical (unpaired) electrons. The van der Waals surface area contributed by atoms with Crippen LogP contribution < -0.4 is 5.32 Å². The van der Waals surface area contributed by atoms with Gasteiger partial charge < -0.3 is 10.1 Å². The molecule has 1 aromatic carbocycles. The van der Waals surface area contributed by atoms with Gasteiger partial charge in [-0.15, -0.1) is 0 Å². The third-order valence-electron chi connectivity index (χ3n) is 4.06. The molecule has 0 bridgehead atoms. The Hall–Kier alpha value is -2.60. The number of carbonyl (C=O) groups is 2. The van der Waals surface area contributed by atoms with Gasteiger partial charge in [0, 0.05) is 5.70 Å². The quantitative estimate of drug-likeness (QED) is 0.866. The van der Waals surface area contributed by atoms with Crippen LogP contribution in [0.1, 0.15) is 24.1 Å². The second-order valence-electron chi connectivity index (χ2n) is 5.50. The lowest BCUT2D eigenvalue weighted by Crippen LogP contribution is -2.47. The summed E-state index contributed by atoms with van der Waals surface area (Å²) in [5.74, 6) is -0.429. The molecule has 1 N–H and O–H groups in total. The SMILES string of the molecule is COC(=O)C1=C(C)N(Cc2ccccc2)C(=O)N[C@H]1c1ccsc1. The first kappa shape index (κ1) is 16.3. The number of thiophene rings is 1. The van der Waals surface area contributed by atoms with Crippen LogP contribution in [0.25, 0.3) is 0 Å². The van der Waals surface area contributed by atoms with Gasteiger partial charge in [-0.3, -0.25) is 4.90 Å². The molecule has 2 amide bonds. The largest absolute Gasteiger partial charge is 0.466 e. The topological polar surface area (TPSA) is 58.6 Å². The predicted molar refractivity (Wildman–Crippen MR) is 92.3 cm³/mol. The van der Waals surface area contributed by atoms with Crippen LogP contribution in [0.4, 0.5) is 4.79 Å². The maximum Gasteiger partial charge on any atom is 0.337 e. The summed E-state index contributed by atoms with van der Waals surface area (Å²) in [6, 6.07) is 10.9. The maximum absolute atomic E-state index is 12.6. The van der Waals surface area contributed by atoms with Gasteiger partial charge in [0.2, 0.25) is 0 Å². The van der Waals surface area contributed by atoms with Gasteiger partial charge in [-0.05, 0) is 34.9 Å². The van der Waals surface area contributed by atoms with Crippen LogP contribution in [0.2, 0.25) is 0 Å². The Balaban J connectivity index is 2.00. The van der Waals surface area contributed by atoms with Gasteiger partial charge in [0.25, 0.3) is 0 Å². The van der Waals surface area contributed by atoms with E-state index in [1.54, 1.807) is 11.8 Å². The highest BCUT2D eigenvalue weighted by Gasteiger charge is 2.36. The number of rotatable bonds is 4. The van der Waals surface area contributed by atoms with Gasteiger partial charge in [-0.2, -0.15) is 11.3 Å². The lowest BCUT2D eigenvalue weighted by Gasteiger charge is -2.35. The van der Waals surface area contributed by atoms with Crippen molar-refractivity contribution in [2.45, 2.75) is 19.5 Å². The molecule has 0 aliphatic carbocycles. The molecule has 1 atom stereocenters. The molecule has 0 saturated heterocycles. The number of amides is 2. The fraction of sp³-hybridized carbons (Fsp3) is 0.222. The van der Waals surface area contributed by atoms with Crippen LogP contribution in [-0.2, 0) is 16.1 Å². The Morgan fingerprint density at radius 2 is 2.04 bits per heavy atom. The van der Waals surface area contributed by atoms with Crippen LogP contribution >= 0.6 is 11.3 Å². The van der Waals surface area contributed by atoms with Crippen LogP contribution in [0, 0.1) is 0 Å². The fourth-order valence-electron chi connectivity index (χ4n) is 2.80. The molecular weight excluding hydrogens is 324 g/mol. The van der Waals surface area contributed by atoms with Gasteiger partial charge >= 0.3 is 12.0 Å². The number of carbonyl (C=O) groups excluding carboxylic acids is 2. The Kier molecular flexibility index (Phi) is 4.66. The number of nitrogens with one attached hydrogen (secondary N) is 1. The first-order valence-corrected chi connectivity index (χ1v) is 8.49. The van der Waals surface area contributed by atoms with Crippen LogP contribution in [0.3, 0.4) is 0 Å². The summed E-state index contributed by atoms with van der Waals surface area (Å²) in [4.78, 5) is 26.5. The first-order chi connectivity index (χ1) is 11.6. The van der Waals surface area contributed by atoms with E-state index in [1.165, 1.54) is 18.4 Å². The monoisotopic (exact) mass is 342 g/mol. The number of benzene rings is 1. The van der Waals surface area contributed by atoms with Crippen molar-refractivity contribution in [3.05, 3.63) is 69.6 Å². The average molecular weight is 342 g/mol. The molecule has 5 nitrogen and oxygen atoms in total. The second kappa shape index (κ2) is 6.88. The summed E-state index contributed by atoms with van der Waals surface area (Å²) < 4.78 is 4.95. The number of methoxy groups -OCH3 is 1. The van der Waals surface area contributed by atoms with Crippen molar-refractivity contribution in [1.82, 2.24) is 10.2 Å². The average Bonchev–Trinajstić information content (AvgIpc) is 3.13. The Labute approximate surface area is 144 Å². The zero-order chi connectivity index (χ0) is 17.1. The highest BCUT2D eigenvalue weighted by molar-refractivity contribution is 7.08. The van der Waals surface area contributed by atoms with E-state index in [0.717, 1.165) is 11.1 Å². The molecule has 0 fully saturated rings. The molecule has 0 unspecified atom stereocenters. The number of hydrogen-bond donors (Lipinski definition) is 1. The molecule has 124 valence electrons. The molecule has 2 aromatic rings. The summed E-state index contributed by atoms with van der Waals surface area (Å²) in [7, 11) is 1.35. The van der Waals surface area contributed by atoms with E-state index in [1.807, 2.05) is 47.2 Å². The van der Waals surface area contributed by atoms with E-state index in [9.17, 15) is 9.59 Å². The highest BCUT2D eigenvalue weighted by atomic mass is 32.1. The van der Waals surface area contributed by atoms with Gasteiger partial charge in [-0.25, -0.2) is 9.59 Å². The number of esters is 1. The second-order valence-corrected chi connectivity index (χ2v) is 6.28. The molecule has 1 aliphatic rings. The minimum atomic E-state index is -0.483. The van der Waals surface area contributed by atoms with E-state index in [-0.39, 0.29) is 6.03 Å². The molecule has 6 heteroatoms. The molecule has 1 aliphatic heterocycles. The summed E-state index contributed by atoms with van der Waals surface area (Å²) >= 11 is 1.52. The number of allylic oxidation sites excluding steroid dienone is 1. The van der Waals surface area contributed by atoms with E-state index in [2.05, 4.69) is 5.32 Å². The Morgan fingerprint density at radius 1 is 1.29 bits per heavy atom. The van der Waals surface area contributed by atoms with Crippen molar-refractivity contribution in [1.29, 1.82) is 0 Å². The lowest BCUT2D eigenvalue weighted by molar-refractivity contribution is -0.136. The summed E-state index contributed by atoms with van der Waals surface area (Å²) in [5.41, 5.74) is 2.95. The molecule has 2 heterocycles. The van der Waals surface area contributed by atoms with Crippen molar-refractivity contribution in [2.24, 2.45) is 0 Å². The van der Waals surface area contributed by atoms with Crippen LogP contribution in [0.15, 0.2) is 58.4 Å². The summed E-state index contributed by atoms with van der Waals surface area (Å²) in [5, 5.41) is 6.76. The van der Waals surface area contributed by atoms with E-state index >= 15 is 0 Å². The number of urea groups is 1. The van der Waals surface area contributed by atoms with Gasteiger partial charge in [0.15, 0.2) is 0 Å². The molecule has 0 saturated carbocycles. The van der Waals surface area contributed by atoms with E-state index in [0.29, 0.717) is 17.8 Å². The zero-order valence-corrected chi connectivity index (χ0v) is 14.3. The van der Waals surface area contributed by atoms with Crippen molar-refractivity contribution in [2.75, 3.05) is 7.11 Å². The molecular formula is C18H18N2O3S. The summed E-state index contributed by atoms with van der Waals surface area (Å²) in [6.45, 7) is 2.18. The van der Waals surface area contributed by atoms with E-state index in [4.69, 9.17) is 4.74 Å². The van der Waals surface area contributed by atoms with Crippen LogP contribution in [-0.4, -0.2) is 24.0 Å². The molecule has 3 rings (SSSR count). The van der Waals surface area contributed by atoms with Gasteiger partial charge in [-0.1, -0.05) is 30.3 Å². The lowest BCUT2D eigenvalue weighted by atomic mass is 9.97. The molecule has 0 spiro atoms. The van der Waals surface area contributed by atoms with Crippen molar-refractivity contribution in [3.63, 3.8) is 0 Å². The molecule has 1 aromatic heterocycles. The number of hydrogen-bond acceptors (Lipinski definition) is 4.